The van der Waals surface area contributed by atoms with E-state index in [9.17, 15) is 14.4 Å². The number of amides is 1. The lowest BCUT2D eigenvalue weighted by Gasteiger charge is -2.20. The van der Waals surface area contributed by atoms with Gasteiger partial charge >= 0.3 is 11.9 Å². The Bertz CT molecular complexity index is 848. The van der Waals surface area contributed by atoms with Crippen LogP contribution >= 0.6 is 11.6 Å². The van der Waals surface area contributed by atoms with Gasteiger partial charge < -0.3 is 14.8 Å². The fourth-order valence-corrected chi connectivity index (χ4v) is 2.82. The number of esters is 2. The molecule has 0 aliphatic heterocycles. The number of hydrogen-bond acceptors (Lipinski definition) is 5. The van der Waals surface area contributed by atoms with Crippen LogP contribution in [-0.4, -0.2) is 23.9 Å². The third-order valence-electron chi connectivity index (χ3n) is 3.70. The zero-order valence-corrected chi connectivity index (χ0v) is 16.7. The summed E-state index contributed by atoms with van der Waals surface area (Å²) < 4.78 is 10.2. The standard InChI is InChI=1S/C21H22ClNO5/c1-13(2)27-20(25)12-19(17-6-4-5-7-18(17)22)23-21(26)15-8-10-16(11-9-15)28-14(3)24/h4-11,13,19H,12H2,1-3H3,(H,23,26). The molecule has 148 valence electrons. The topological polar surface area (TPSA) is 81.7 Å². The SMILES string of the molecule is CC(=O)Oc1ccc(C(=O)NC(CC(=O)OC(C)C)c2ccccc2Cl)cc1. The number of carbonyl (C=O) groups excluding carboxylic acids is 3. The lowest BCUT2D eigenvalue weighted by atomic mass is 10.0. The summed E-state index contributed by atoms with van der Waals surface area (Å²) in [7, 11) is 0. The van der Waals surface area contributed by atoms with Gasteiger partial charge in [-0.15, -0.1) is 0 Å². The molecule has 1 amide bonds. The average Bonchev–Trinajstić information content (AvgIpc) is 2.61. The third-order valence-corrected chi connectivity index (χ3v) is 4.05. The Morgan fingerprint density at radius 1 is 1.04 bits per heavy atom. The van der Waals surface area contributed by atoms with Crippen molar-refractivity contribution in [2.24, 2.45) is 0 Å². The first-order chi connectivity index (χ1) is 13.3. The number of rotatable bonds is 7. The maximum absolute atomic E-state index is 12.7. The summed E-state index contributed by atoms with van der Waals surface area (Å²) in [5.41, 5.74) is 0.972. The van der Waals surface area contributed by atoms with Gasteiger partial charge in [-0.05, 0) is 49.7 Å². The van der Waals surface area contributed by atoms with E-state index >= 15 is 0 Å². The summed E-state index contributed by atoms with van der Waals surface area (Å²) in [5, 5.41) is 3.26. The first-order valence-electron chi connectivity index (χ1n) is 8.79. The van der Waals surface area contributed by atoms with Crippen molar-refractivity contribution in [3.63, 3.8) is 0 Å². The van der Waals surface area contributed by atoms with E-state index in [1.807, 2.05) is 0 Å². The predicted molar refractivity (Wildman–Crippen MR) is 105 cm³/mol. The van der Waals surface area contributed by atoms with E-state index < -0.39 is 23.9 Å². The van der Waals surface area contributed by atoms with Crippen molar-refractivity contribution >= 4 is 29.4 Å². The van der Waals surface area contributed by atoms with Crippen LogP contribution in [0.1, 0.15) is 49.2 Å². The molecule has 0 aromatic heterocycles. The average molecular weight is 404 g/mol. The Kier molecular flexibility index (Phi) is 7.58. The molecule has 2 aromatic carbocycles. The van der Waals surface area contributed by atoms with Gasteiger partial charge in [-0.25, -0.2) is 0 Å². The largest absolute Gasteiger partial charge is 0.463 e. The zero-order chi connectivity index (χ0) is 20.7. The van der Waals surface area contributed by atoms with Crippen molar-refractivity contribution in [1.29, 1.82) is 0 Å². The lowest BCUT2D eigenvalue weighted by Crippen LogP contribution is -2.31. The summed E-state index contributed by atoms with van der Waals surface area (Å²) in [6.07, 6.45) is -0.317. The highest BCUT2D eigenvalue weighted by Gasteiger charge is 2.22. The Hall–Kier alpha value is -2.86. The fraction of sp³-hybridized carbons (Fsp3) is 0.286. The van der Waals surface area contributed by atoms with Gasteiger partial charge in [0, 0.05) is 17.5 Å². The van der Waals surface area contributed by atoms with Crippen LogP contribution in [0.4, 0.5) is 0 Å². The lowest BCUT2D eigenvalue weighted by molar-refractivity contribution is -0.148. The van der Waals surface area contributed by atoms with Gasteiger partial charge in [0.2, 0.25) is 0 Å². The molecular formula is C21H22ClNO5. The molecule has 0 radical (unpaired) electrons. The van der Waals surface area contributed by atoms with Crippen LogP contribution in [0, 0.1) is 0 Å². The minimum absolute atomic E-state index is 0.0564. The highest BCUT2D eigenvalue weighted by Crippen LogP contribution is 2.26. The molecule has 1 unspecified atom stereocenters. The highest BCUT2D eigenvalue weighted by molar-refractivity contribution is 6.31. The van der Waals surface area contributed by atoms with E-state index in [0.717, 1.165) is 0 Å². The van der Waals surface area contributed by atoms with Gasteiger partial charge in [-0.2, -0.15) is 0 Å². The van der Waals surface area contributed by atoms with Crippen LogP contribution in [0.2, 0.25) is 5.02 Å². The molecule has 0 heterocycles. The van der Waals surface area contributed by atoms with E-state index in [-0.39, 0.29) is 12.5 Å². The van der Waals surface area contributed by atoms with Crippen molar-refractivity contribution in [1.82, 2.24) is 5.32 Å². The molecule has 1 atom stereocenters. The first kappa shape index (κ1) is 21.4. The minimum atomic E-state index is -0.652. The van der Waals surface area contributed by atoms with E-state index in [4.69, 9.17) is 21.1 Å². The monoisotopic (exact) mass is 403 g/mol. The van der Waals surface area contributed by atoms with E-state index in [1.54, 1.807) is 38.1 Å². The van der Waals surface area contributed by atoms with Crippen LogP contribution in [0.25, 0.3) is 0 Å². The summed E-state index contributed by atoms with van der Waals surface area (Å²) in [5.74, 6) is -0.936. The van der Waals surface area contributed by atoms with Crippen LogP contribution in [0.15, 0.2) is 48.5 Å². The first-order valence-corrected chi connectivity index (χ1v) is 9.17. The van der Waals surface area contributed by atoms with Crippen molar-refractivity contribution in [3.8, 4) is 5.75 Å². The van der Waals surface area contributed by atoms with E-state index in [2.05, 4.69) is 5.32 Å². The second-order valence-electron chi connectivity index (χ2n) is 6.41. The van der Waals surface area contributed by atoms with Crippen LogP contribution in [0.3, 0.4) is 0 Å². The van der Waals surface area contributed by atoms with Crippen LogP contribution in [-0.2, 0) is 14.3 Å². The maximum atomic E-state index is 12.7. The normalized spacial score (nSPS) is 11.6. The Labute approximate surface area is 168 Å². The van der Waals surface area contributed by atoms with Gasteiger partial charge in [0.25, 0.3) is 5.91 Å². The summed E-state index contributed by atoms with van der Waals surface area (Å²) in [6, 6.07) is 12.4. The molecule has 7 heteroatoms. The smallest absolute Gasteiger partial charge is 0.308 e. The van der Waals surface area contributed by atoms with Crippen molar-refractivity contribution in [2.45, 2.75) is 39.3 Å². The summed E-state index contributed by atoms with van der Waals surface area (Å²) >= 11 is 6.25. The molecule has 2 aromatic rings. The Morgan fingerprint density at radius 2 is 1.68 bits per heavy atom. The molecule has 0 spiro atoms. The van der Waals surface area contributed by atoms with E-state index in [1.165, 1.54) is 31.2 Å². The van der Waals surface area contributed by atoms with Crippen molar-refractivity contribution < 1.29 is 23.9 Å². The maximum Gasteiger partial charge on any atom is 0.308 e. The van der Waals surface area contributed by atoms with E-state index in [0.29, 0.717) is 21.9 Å². The minimum Gasteiger partial charge on any atom is -0.463 e. The van der Waals surface area contributed by atoms with Gasteiger partial charge in [0.05, 0.1) is 18.6 Å². The molecule has 28 heavy (non-hydrogen) atoms. The second kappa shape index (κ2) is 9.90. The van der Waals surface area contributed by atoms with Gasteiger partial charge in [0.15, 0.2) is 0 Å². The molecule has 1 N–H and O–H groups in total. The summed E-state index contributed by atoms with van der Waals surface area (Å²) in [6.45, 7) is 4.81. The molecule has 0 fully saturated rings. The number of halogens is 1. The molecule has 0 bridgehead atoms. The molecule has 0 saturated carbocycles. The summed E-state index contributed by atoms with van der Waals surface area (Å²) in [4.78, 5) is 35.8. The number of carbonyl (C=O) groups is 3. The quantitative estimate of drug-likeness (QED) is 0.556. The zero-order valence-electron chi connectivity index (χ0n) is 15.9. The molecule has 6 nitrogen and oxygen atoms in total. The molecule has 2 rings (SSSR count). The third kappa shape index (κ3) is 6.39. The number of nitrogens with one attached hydrogen (secondary N) is 1. The highest BCUT2D eigenvalue weighted by atomic mass is 35.5. The Morgan fingerprint density at radius 3 is 2.25 bits per heavy atom. The second-order valence-corrected chi connectivity index (χ2v) is 6.82. The number of hydrogen-bond donors (Lipinski definition) is 1. The van der Waals surface area contributed by atoms with Gasteiger partial charge in [0.1, 0.15) is 5.75 Å². The molecule has 0 saturated heterocycles. The fourth-order valence-electron chi connectivity index (χ4n) is 2.56. The number of benzene rings is 2. The predicted octanol–water partition coefficient (Wildman–Crippen LogP) is 4.08. The Balaban J connectivity index is 2.19. The van der Waals surface area contributed by atoms with Crippen molar-refractivity contribution in [3.05, 3.63) is 64.7 Å². The molecule has 0 aliphatic rings. The van der Waals surface area contributed by atoms with Crippen molar-refractivity contribution in [2.75, 3.05) is 0 Å². The van der Waals surface area contributed by atoms with Crippen LogP contribution in [0.5, 0.6) is 5.75 Å². The van der Waals surface area contributed by atoms with Gasteiger partial charge in [-0.3, -0.25) is 14.4 Å². The molecule has 0 aliphatic carbocycles. The number of ether oxygens (including phenoxy) is 2. The van der Waals surface area contributed by atoms with Crippen LogP contribution < -0.4 is 10.1 Å². The molecular weight excluding hydrogens is 382 g/mol. The van der Waals surface area contributed by atoms with Gasteiger partial charge in [-0.1, -0.05) is 29.8 Å².